The summed E-state index contributed by atoms with van der Waals surface area (Å²) in [6.45, 7) is 7.75. The predicted octanol–water partition coefficient (Wildman–Crippen LogP) is 1.90. The number of amides is 1. The molecule has 346 valence electrons. The molecule has 7 N–H and O–H groups in total. The average Bonchev–Trinajstić information content (AvgIpc) is 3.95. The topological polar surface area (TPSA) is 200 Å². The van der Waals surface area contributed by atoms with Crippen molar-refractivity contribution in [1.82, 2.24) is 25.4 Å². The number of nitrogens with one attached hydrogen (secondary N) is 3. The fourth-order valence-corrected chi connectivity index (χ4v) is 13.9. The van der Waals surface area contributed by atoms with Crippen LogP contribution in [-0.2, 0) is 36.4 Å². The van der Waals surface area contributed by atoms with Crippen molar-refractivity contribution in [2.45, 2.75) is 99.0 Å². The predicted molar refractivity (Wildman–Crippen MR) is 241 cm³/mol. The second kappa shape index (κ2) is 16.5. The second-order valence-electron chi connectivity index (χ2n) is 19.9. The highest BCUT2D eigenvalue weighted by atomic mass is 16.5. The molecule has 64 heavy (non-hydrogen) atoms. The number of para-hydroxylation sites is 1. The number of H-pyrrole nitrogens is 1. The molecule has 15 heteroatoms. The molecule has 10 atom stereocenters. The van der Waals surface area contributed by atoms with Crippen molar-refractivity contribution in [3.05, 3.63) is 70.9 Å². The zero-order valence-electron chi connectivity index (χ0n) is 37.9. The van der Waals surface area contributed by atoms with Gasteiger partial charge in [0.05, 0.1) is 25.9 Å². The van der Waals surface area contributed by atoms with E-state index in [0.717, 1.165) is 33.4 Å². The maximum atomic E-state index is 15.3. The number of ether oxygens (including phenoxy) is 2. The quantitative estimate of drug-likeness (QED) is 0.0748. The SMILES string of the molecule is CC[C@]12C=CCN3CCC4(c5cc([C@]6(C(=O)OC)CC7CN(CCc8c6[nH]c6ccccc86)C[C@@](C)(O)C7)c(OC)cc5N(C)C4[C@@](O)(C(=O)NCCCNCCC(=O)CO)[C@@H]1O)C32. The van der Waals surface area contributed by atoms with Crippen LogP contribution in [0.15, 0.2) is 48.6 Å². The van der Waals surface area contributed by atoms with Crippen LogP contribution in [0.3, 0.4) is 0 Å². The third kappa shape index (κ3) is 6.50. The van der Waals surface area contributed by atoms with Gasteiger partial charge in [0.1, 0.15) is 23.9 Å². The number of hydrogen-bond acceptors (Lipinski definition) is 13. The number of aromatic amines is 1. The van der Waals surface area contributed by atoms with E-state index in [1.807, 2.05) is 56.1 Å². The van der Waals surface area contributed by atoms with Gasteiger partial charge in [0.2, 0.25) is 0 Å². The lowest BCUT2D eigenvalue weighted by molar-refractivity contribution is -0.203. The summed E-state index contributed by atoms with van der Waals surface area (Å²) >= 11 is 0. The van der Waals surface area contributed by atoms with Crippen molar-refractivity contribution in [3.8, 4) is 5.75 Å². The molecule has 2 aromatic carbocycles. The first-order valence-corrected chi connectivity index (χ1v) is 23.2. The molecule has 1 amide bonds. The van der Waals surface area contributed by atoms with Crippen LogP contribution in [0.4, 0.5) is 5.69 Å². The van der Waals surface area contributed by atoms with Crippen LogP contribution in [0.25, 0.3) is 10.9 Å². The average molecular weight is 883 g/mol. The van der Waals surface area contributed by atoms with E-state index in [9.17, 15) is 24.9 Å². The monoisotopic (exact) mass is 882 g/mol. The van der Waals surface area contributed by atoms with E-state index in [4.69, 9.17) is 14.6 Å². The van der Waals surface area contributed by atoms with Gasteiger partial charge in [-0.3, -0.25) is 24.2 Å². The number of likely N-dealkylation sites (N-methyl/N-ethyl adjacent to an activating group) is 1. The van der Waals surface area contributed by atoms with E-state index in [1.165, 1.54) is 7.11 Å². The zero-order valence-corrected chi connectivity index (χ0v) is 37.9. The zero-order chi connectivity index (χ0) is 45.4. The number of fused-ring (bicyclic) bond motifs is 6. The Kier molecular flexibility index (Phi) is 11.6. The summed E-state index contributed by atoms with van der Waals surface area (Å²) in [5.41, 5.74) is -1.69. The van der Waals surface area contributed by atoms with Gasteiger partial charge in [-0.2, -0.15) is 0 Å². The van der Waals surface area contributed by atoms with Gasteiger partial charge in [0.25, 0.3) is 5.91 Å². The molecular formula is C49H66N6O9. The first kappa shape index (κ1) is 44.8. The Morgan fingerprint density at radius 1 is 1.02 bits per heavy atom. The molecular weight excluding hydrogens is 817 g/mol. The molecule has 0 radical (unpaired) electrons. The minimum absolute atomic E-state index is 0.109. The molecule has 1 aliphatic carbocycles. The van der Waals surface area contributed by atoms with Crippen LogP contribution < -0.4 is 20.3 Å². The summed E-state index contributed by atoms with van der Waals surface area (Å²) in [5.74, 6) is -1.01. The number of anilines is 1. The van der Waals surface area contributed by atoms with Gasteiger partial charge >= 0.3 is 5.97 Å². The Balaban J connectivity index is 1.22. The van der Waals surface area contributed by atoms with Crippen LogP contribution >= 0.6 is 0 Å². The first-order chi connectivity index (χ1) is 30.7. The van der Waals surface area contributed by atoms with Crippen LogP contribution in [0.5, 0.6) is 5.75 Å². The third-order valence-corrected chi connectivity index (χ3v) is 16.2. The molecule has 2 saturated heterocycles. The fraction of sp³-hybridized carbons (Fsp3) is 0.612. The highest BCUT2D eigenvalue weighted by Crippen LogP contribution is 2.67. The van der Waals surface area contributed by atoms with E-state index >= 15 is 4.79 Å². The Hall–Kier alpha value is -4.35. The van der Waals surface area contributed by atoms with Crippen LogP contribution in [0.1, 0.15) is 74.8 Å². The maximum Gasteiger partial charge on any atom is 0.322 e. The molecule has 5 unspecified atom stereocenters. The largest absolute Gasteiger partial charge is 0.496 e. The number of nitrogens with zero attached hydrogens (tertiary/aromatic N) is 3. The van der Waals surface area contributed by atoms with Gasteiger partial charge in [-0.05, 0) is 87.7 Å². The number of aromatic nitrogens is 1. The van der Waals surface area contributed by atoms with Crippen LogP contribution in [-0.4, -0.2) is 162 Å². The molecule has 2 bridgehead atoms. The first-order valence-electron chi connectivity index (χ1n) is 23.2. The molecule has 9 rings (SSSR count). The standard InChI is InChI=1S/C49H66N6O9/c1-6-46-15-9-20-55-22-16-47(40(46)55)34-23-35(38(63-4)24-37(34)53(3)41(47)49(62,42(46)58)43(59)51-18-10-17-50-19-13-31(57)28-56)48(44(60)64-5)26-30-25-45(2,61)29-54(27-30)21-14-33-32-11-7-8-12-36(32)52-39(33)48/h7-9,11-12,15,23-24,30,40-42,50,52,56,58,61-62H,6,10,13-14,16-22,25-29H2,1-5H3,(H,51,59)/t30?,40?,41?,42-,45+,46-,47?,48-,49+/m1/s1. The number of carbonyl (C=O) groups excluding carboxylic acids is 3. The Morgan fingerprint density at radius 2 is 1.81 bits per heavy atom. The molecule has 3 fully saturated rings. The second-order valence-corrected chi connectivity index (χ2v) is 19.9. The van der Waals surface area contributed by atoms with Crippen LogP contribution in [0, 0.1) is 11.3 Å². The fourth-order valence-electron chi connectivity index (χ4n) is 13.9. The lowest BCUT2D eigenvalue weighted by Crippen LogP contribution is -2.81. The van der Waals surface area contributed by atoms with Crippen LogP contribution in [0.2, 0.25) is 0 Å². The van der Waals surface area contributed by atoms with E-state index in [-0.39, 0.29) is 30.7 Å². The number of aliphatic hydroxyl groups is 4. The van der Waals surface area contributed by atoms with E-state index in [2.05, 4.69) is 43.6 Å². The highest BCUT2D eigenvalue weighted by Gasteiger charge is 2.78. The Labute approximate surface area is 375 Å². The molecule has 5 aliphatic heterocycles. The molecule has 3 aromatic rings. The normalized spacial score (nSPS) is 35.1. The number of benzene rings is 2. The maximum absolute atomic E-state index is 15.3. The van der Waals surface area contributed by atoms with Crippen molar-refractivity contribution in [2.24, 2.45) is 11.3 Å². The summed E-state index contributed by atoms with van der Waals surface area (Å²) in [6.07, 6.45) is 5.80. The van der Waals surface area contributed by atoms with E-state index in [1.54, 1.807) is 7.11 Å². The summed E-state index contributed by atoms with van der Waals surface area (Å²) < 4.78 is 12.3. The molecule has 1 saturated carbocycles. The van der Waals surface area contributed by atoms with Gasteiger partial charge in [-0.15, -0.1) is 0 Å². The summed E-state index contributed by atoms with van der Waals surface area (Å²) in [5, 5.41) is 54.2. The summed E-state index contributed by atoms with van der Waals surface area (Å²) in [4.78, 5) is 52.2. The van der Waals surface area contributed by atoms with Gasteiger partial charge in [-0.1, -0.05) is 37.3 Å². The van der Waals surface area contributed by atoms with Crippen molar-refractivity contribution in [1.29, 1.82) is 0 Å². The number of aliphatic hydroxyl groups excluding tert-OH is 2. The number of rotatable bonds is 13. The Morgan fingerprint density at radius 3 is 2.56 bits per heavy atom. The van der Waals surface area contributed by atoms with Crippen molar-refractivity contribution >= 4 is 34.3 Å². The number of ketones is 1. The minimum Gasteiger partial charge on any atom is -0.496 e. The number of esters is 1. The van der Waals surface area contributed by atoms with Gasteiger partial charge in [0.15, 0.2) is 11.4 Å². The number of carbonyl (C=O) groups is 3. The molecule has 15 nitrogen and oxygen atoms in total. The lowest BCUT2D eigenvalue weighted by Gasteiger charge is -2.63. The molecule has 1 spiro atoms. The molecule has 6 aliphatic rings. The number of hydrogen-bond donors (Lipinski definition) is 7. The smallest absolute Gasteiger partial charge is 0.322 e. The number of piperidine rings is 1. The van der Waals surface area contributed by atoms with Gasteiger partial charge in [0, 0.05) is 104 Å². The lowest BCUT2D eigenvalue weighted by atomic mass is 9.47. The van der Waals surface area contributed by atoms with E-state index in [0.29, 0.717) is 95.7 Å². The number of Topliss-reactive ketones (excluding diaryl/α,β-unsaturated/α-hetero) is 1. The van der Waals surface area contributed by atoms with Crippen molar-refractivity contribution in [2.75, 3.05) is 85.1 Å². The van der Waals surface area contributed by atoms with Gasteiger partial charge < -0.3 is 50.4 Å². The molecule has 1 aromatic heterocycles. The third-order valence-electron chi connectivity index (χ3n) is 16.2. The summed E-state index contributed by atoms with van der Waals surface area (Å²) in [6, 6.07) is 11.0. The molecule has 6 heterocycles. The summed E-state index contributed by atoms with van der Waals surface area (Å²) in [7, 11) is 4.91. The van der Waals surface area contributed by atoms with Gasteiger partial charge in [-0.25, -0.2) is 0 Å². The van der Waals surface area contributed by atoms with Crippen molar-refractivity contribution < 1.29 is 44.3 Å². The van der Waals surface area contributed by atoms with E-state index < -0.39 is 58.1 Å². The highest BCUT2D eigenvalue weighted by molar-refractivity contribution is 5.95. The van der Waals surface area contributed by atoms with Crippen molar-refractivity contribution in [3.63, 3.8) is 0 Å². The number of methoxy groups -OCH3 is 2. The minimum atomic E-state index is -2.29. The Bertz CT molecular complexity index is 2350.